The normalized spacial score (nSPS) is 17.0. The first-order valence-electron chi connectivity index (χ1n) is 9.91. The maximum absolute atomic E-state index is 13.1. The molecule has 0 unspecified atom stereocenters. The van der Waals surface area contributed by atoms with Crippen molar-refractivity contribution >= 4 is 11.6 Å². The molecule has 1 saturated heterocycles. The van der Waals surface area contributed by atoms with Gasteiger partial charge in [0.25, 0.3) is 5.91 Å². The summed E-state index contributed by atoms with van der Waals surface area (Å²) in [5, 5.41) is 0. The van der Waals surface area contributed by atoms with E-state index in [9.17, 15) is 4.79 Å². The summed E-state index contributed by atoms with van der Waals surface area (Å²) in [6.45, 7) is 2.16. The average Bonchev–Trinajstić information content (AvgIpc) is 3.41. The lowest BCUT2D eigenvalue weighted by Crippen LogP contribution is -2.40. The predicted molar refractivity (Wildman–Crippen MR) is 109 cm³/mol. The molecule has 0 bridgehead atoms. The van der Waals surface area contributed by atoms with Crippen LogP contribution < -0.4 is 0 Å². The Hall–Kier alpha value is -3.48. The summed E-state index contributed by atoms with van der Waals surface area (Å²) < 4.78 is 4.05. The smallest absolute Gasteiger partial charge is 0.274 e. The zero-order valence-corrected chi connectivity index (χ0v) is 16.1. The minimum atomic E-state index is -0.0104. The molecule has 5 rings (SSSR count). The van der Waals surface area contributed by atoms with Gasteiger partial charge in [-0.1, -0.05) is 12.1 Å². The van der Waals surface area contributed by atoms with Crippen molar-refractivity contribution in [1.82, 2.24) is 28.8 Å². The van der Waals surface area contributed by atoms with Gasteiger partial charge in [-0.25, -0.2) is 9.97 Å². The monoisotopic (exact) mass is 386 g/mol. The van der Waals surface area contributed by atoms with Crippen molar-refractivity contribution in [2.75, 3.05) is 13.1 Å². The van der Waals surface area contributed by atoms with Crippen molar-refractivity contribution in [2.45, 2.75) is 25.3 Å². The third kappa shape index (κ3) is 3.51. The van der Waals surface area contributed by atoms with Gasteiger partial charge in [0.1, 0.15) is 17.2 Å². The van der Waals surface area contributed by atoms with E-state index >= 15 is 0 Å². The SMILES string of the molecule is O=C(c1cn2ccccc2n1)N1CCC[C@@H](c2nccn2Cc2cccnc2)C1. The molecule has 1 fully saturated rings. The van der Waals surface area contributed by atoms with Crippen molar-refractivity contribution in [1.29, 1.82) is 0 Å². The predicted octanol–water partition coefficient (Wildman–Crippen LogP) is 2.99. The second-order valence-corrected chi connectivity index (χ2v) is 7.46. The van der Waals surface area contributed by atoms with E-state index in [1.165, 1.54) is 0 Å². The van der Waals surface area contributed by atoms with Crippen LogP contribution in [0.1, 0.15) is 40.6 Å². The lowest BCUT2D eigenvalue weighted by molar-refractivity contribution is 0.0698. The number of aromatic nitrogens is 5. The Morgan fingerprint density at radius 3 is 2.97 bits per heavy atom. The molecule has 29 heavy (non-hydrogen) atoms. The molecular formula is C22H22N6O. The van der Waals surface area contributed by atoms with Crippen LogP contribution in [0.5, 0.6) is 0 Å². The van der Waals surface area contributed by atoms with Gasteiger partial charge in [-0.3, -0.25) is 9.78 Å². The summed E-state index contributed by atoms with van der Waals surface area (Å²) in [4.78, 5) is 28.3. The number of amides is 1. The van der Waals surface area contributed by atoms with Crippen LogP contribution in [0.15, 0.2) is 67.5 Å². The molecule has 0 radical (unpaired) electrons. The van der Waals surface area contributed by atoms with Gasteiger partial charge >= 0.3 is 0 Å². The molecule has 0 aliphatic carbocycles. The maximum atomic E-state index is 13.1. The number of piperidine rings is 1. The standard InChI is InChI=1S/C22H22N6O/c29-22(19-16-26-10-2-1-7-20(26)25-19)28-11-4-6-18(15-28)21-24-9-12-27(21)14-17-5-3-8-23-13-17/h1-3,5,7-10,12-13,16,18H,4,6,11,14-15H2/t18-/m1/s1. The van der Waals surface area contributed by atoms with Gasteiger partial charge in [-0.15, -0.1) is 0 Å². The molecule has 7 heteroatoms. The van der Waals surface area contributed by atoms with Gasteiger partial charge < -0.3 is 13.9 Å². The number of likely N-dealkylation sites (tertiary alicyclic amines) is 1. The highest BCUT2D eigenvalue weighted by Gasteiger charge is 2.29. The van der Waals surface area contributed by atoms with E-state index in [-0.39, 0.29) is 11.8 Å². The van der Waals surface area contributed by atoms with Gasteiger partial charge in [0.15, 0.2) is 0 Å². The molecule has 1 aliphatic rings. The Bertz CT molecular complexity index is 1100. The summed E-state index contributed by atoms with van der Waals surface area (Å²) in [5.74, 6) is 1.24. The second-order valence-electron chi connectivity index (χ2n) is 7.46. The summed E-state index contributed by atoms with van der Waals surface area (Å²) in [7, 11) is 0. The topological polar surface area (TPSA) is 68.3 Å². The Morgan fingerprint density at radius 2 is 2.10 bits per heavy atom. The minimum Gasteiger partial charge on any atom is -0.337 e. The van der Waals surface area contributed by atoms with Crippen LogP contribution in [0.3, 0.4) is 0 Å². The lowest BCUT2D eigenvalue weighted by atomic mass is 9.96. The fourth-order valence-corrected chi connectivity index (χ4v) is 4.07. The van der Waals surface area contributed by atoms with Crippen LogP contribution in [-0.4, -0.2) is 47.8 Å². The fraction of sp³-hybridized carbons (Fsp3) is 0.273. The number of imidazole rings is 2. The molecule has 1 atom stereocenters. The molecule has 7 nitrogen and oxygen atoms in total. The van der Waals surface area contributed by atoms with Gasteiger partial charge in [0, 0.05) is 56.2 Å². The van der Waals surface area contributed by atoms with E-state index in [0.717, 1.165) is 43.0 Å². The lowest BCUT2D eigenvalue weighted by Gasteiger charge is -2.32. The van der Waals surface area contributed by atoms with Crippen molar-refractivity contribution in [3.63, 3.8) is 0 Å². The zero-order chi connectivity index (χ0) is 19.6. The molecule has 0 N–H and O–H groups in total. The van der Waals surface area contributed by atoms with Crippen molar-refractivity contribution in [3.05, 3.63) is 84.6 Å². The number of carbonyl (C=O) groups excluding carboxylic acids is 1. The molecule has 0 spiro atoms. The Labute approximate surface area is 168 Å². The summed E-state index contributed by atoms with van der Waals surface area (Å²) in [6, 6.07) is 9.78. The van der Waals surface area contributed by atoms with E-state index in [1.54, 1.807) is 6.20 Å². The molecule has 4 aromatic heterocycles. The van der Waals surface area contributed by atoms with E-state index in [1.807, 2.05) is 64.6 Å². The molecular weight excluding hydrogens is 364 g/mol. The fourth-order valence-electron chi connectivity index (χ4n) is 4.07. The van der Waals surface area contributed by atoms with Crippen LogP contribution in [0.4, 0.5) is 0 Å². The number of pyridine rings is 2. The van der Waals surface area contributed by atoms with Crippen molar-refractivity contribution < 1.29 is 4.79 Å². The molecule has 146 valence electrons. The van der Waals surface area contributed by atoms with Crippen LogP contribution in [-0.2, 0) is 6.54 Å². The third-order valence-corrected chi connectivity index (χ3v) is 5.48. The first-order chi connectivity index (χ1) is 14.3. The zero-order valence-electron chi connectivity index (χ0n) is 16.1. The minimum absolute atomic E-state index is 0.0104. The van der Waals surface area contributed by atoms with E-state index < -0.39 is 0 Å². The highest BCUT2D eigenvalue weighted by molar-refractivity contribution is 5.93. The maximum Gasteiger partial charge on any atom is 0.274 e. The van der Waals surface area contributed by atoms with Gasteiger partial charge in [-0.05, 0) is 36.6 Å². The van der Waals surface area contributed by atoms with E-state index in [0.29, 0.717) is 12.2 Å². The second kappa shape index (κ2) is 7.50. The number of hydrogen-bond acceptors (Lipinski definition) is 4. The number of rotatable bonds is 4. The number of carbonyl (C=O) groups is 1. The molecule has 0 saturated carbocycles. The van der Waals surface area contributed by atoms with Gasteiger partial charge in [0.05, 0.1) is 6.54 Å². The summed E-state index contributed by atoms with van der Waals surface area (Å²) >= 11 is 0. The quantitative estimate of drug-likeness (QED) is 0.541. The molecule has 1 aliphatic heterocycles. The number of hydrogen-bond donors (Lipinski definition) is 0. The Kier molecular flexibility index (Phi) is 4.56. The Morgan fingerprint density at radius 1 is 1.14 bits per heavy atom. The molecule has 5 heterocycles. The van der Waals surface area contributed by atoms with Gasteiger partial charge in [-0.2, -0.15) is 0 Å². The molecule has 0 aromatic carbocycles. The van der Waals surface area contributed by atoms with Crippen molar-refractivity contribution in [3.8, 4) is 0 Å². The van der Waals surface area contributed by atoms with Gasteiger partial charge in [0.2, 0.25) is 0 Å². The number of nitrogens with zero attached hydrogens (tertiary/aromatic N) is 6. The van der Waals surface area contributed by atoms with Crippen LogP contribution in [0, 0.1) is 0 Å². The Balaban J connectivity index is 1.34. The highest BCUT2D eigenvalue weighted by Crippen LogP contribution is 2.27. The highest BCUT2D eigenvalue weighted by atomic mass is 16.2. The summed E-state index contributed by atoms with van der Waals surface area (Å²) in [6.07, 6.45) is 13.2. The molecule has 1 amide bonds. The number of fused-ring (bicyclic) bond motifs is 1. The van der Waals surface area contributed by atoms with Crippen LogP contribution >= 0.6 is 0 Å². The third-order valence-electron chi connectivity index (χ3n) is 5.48. The van der Waals surface area contributed by atoms with Crippen LogP contribution in [0.25, 0.3) is 5.65 Å². The first kappa shape index (κ1) is 17.6. The largest absolute Gasteiger partial charge is 0.337 e. The average molecular weight is 386 g/mol. The first-order valence-corrected chi connectivity index (χ1v) is 9.91. The molecule has 4 aromatic rings. The van der Waals surface area contributed by atoms with Crippen molar-refractivity contribution in [2.24, 2.45) is 0 Å². The summed E-state index contributed by atoms with van der Waals surface area (Å²) in [5.41, 5.74) is 2.42. The van der Waals surface area contributed by atoms with E-state index in [2.05, 4.69) is 25.6 Å². The van der Waals surface area contributed by atoms with Crippen LogP contribution in [0.2, 0.25) is 0 Å². The van der Waals surface area contributed by atoms with E-state index in [4.69, 9.17) is 0 Å².